The molecule has 188 valence electrons. The average molecular weight is 534 g/mol. The molecule has 30 heavy (non-hydrogen) atoms. The minimum absolute atomic E-state index is 0.446. The van der Waals surface area contributed by atoms with Crippen molar-refractivity contribution in [2.45, 2.75) is 62.3 Å². The Bertz CT molecular complexity index is 358. The van der Waals surface area contributed by atoms with E-state index in [1.54, 1.807) is 0 Å². The summed E-state index contributed by atoms with van der Waals surface area (Å²) >= 11 is 0. The Kier molecular flexibility index (Phi) is 44.7. The fourth-order valence-electron chi connectivity index (χ4n) is 2.01. The van der Waals surface area contributed by atoms with Crippen LogP contribution in [0.25, 0.3) is 0 Å². The minimum Gasteiger partial charge on any atom is -0.264 e. The van der Waals surface area contributed by atoms with E-state index in [1.165, 1.54) is 55.5 Å². The third kappa shape index (κ3) is 63.0. The van der Waals surface area contributed by atoms with E-state index in [2.05, 4.69) is 62.3 Å². The predicted octanol–water partition coefficient (Wildman–Crippen LogP) is 6.56. The summed E-state index contributed by atoms with van der Waals surface area (Å²) in [6, 6.07) is 0. The molecule has 12 heteroatoms. The Morgan fingerprint density at radius 2 is 0.600 bits per heavy atom. The lowest BCUT2D eigenvalue weighted by Gasteiger charge is -2.07. The van der Waals surface area contributed by atoms with Crippen LogP contribution in [0, 0.1) is 0 Å². The van der Waals surface area contributed by atoms with E-state index >= 15 is 0 Å². The number of rotatable bonds is 9. The molecule has 0 amide bonds. The standard InChI is InChI=1S/3C6H15P.H2O4S.HO3P/c3*1-4-7(5-2)6-3;1-5(2,3)4;1-4(2)3/h3*4-6H2,1-3H3;(H2,1,2,3,4);(H-,1,2,3)/p+1. The molecule has 0 unspecified atom stereocenters. The maximum atomic E-state index is 8.74. The molecular formula is C18H49O7P4S+. The van der Waals surface area contributed by atoms with E-state index in [0.717, 1.165) is 0 Å². The summed E-state index contributed by atoms with van der Waals surface area (Å²) in [5, 5.41) is 0. The van der Waals surface area contributed by atoms with Gasteiger partial charge >= 0.3 is 18.7 Å². The molecule has 4 N–H and O–H groups in total. The van der Waals surface area contributed by atoms with Crippen LogP contribution in [-0.2, 0) is 15.0 Å². The van der Waals surface area contributed by atoms with Crippen molar-refractivity contribution in [1.82, 2.24) is 0 Å². The molecule has 0 saturated heterocycles. The normalized spacial score (nSPS) is 10.0. The average Bonchev–Trinajstić information content (AvgIpc) is 2.65. The first-order valence-electron chi connectivity index (χ1n) is 10.5. The Morgan fingerprint density at radius 1 is 0.533 bits per heavy atom. The highest BCUT2D eigenvalue weighted by molar-refractivity contribution is 7.79. The lowest BCUT2D eigenvalue weighted by atomic mass is 10.9. The molecule has 0 rings (SSSR count). The van der Waals surface area contributed by atoms with Gasteiger partial charge in [-0.25, -0.2) is 0 Å². The quantitative estimate of drug-likeness (QED) is 0.195. The van der Waals surface area contributed by atoms with Gasteiger partial charge in [0.2, 0.25) is 0 Å². The Labute approximate surface area is 192 Å². The second kappa shape index (κ2) is 32.4. The smallest absolute Gasteiger partial charge is 0.264 e. The van der Waals surface area contributed by atoms with Crippen LogP contribution in [-0.4, -0.2) is 82.8 Å². The van der Waals surface area contributed by atoms with Crippen molar-refractivity contribution in [2.75, 3.05) is 55.5 Å². The van der Waals surface area contributed by atoms with Crippen molar-refractivity contribution >= 4 is 42.4 Å². The lowest BCUT2D eigenvalue weighted by Crippen LogP contribution is -1.89. The first-order chi connectivity index (χ1) is 13.8. The van der Waals surface area contributed by atoms with Gasteiger partial charge in [0.15, 0.2) is 0 Å². The van der Waals surface area contributed by atoms with Gasteiger partial charge in [-0.1, -0.05) is 62.3 Å². The molecule has 0 aliphatic rings. The highest BCUT2D eigenvalue weighted by Crippen LogP contribution is 2.33. The van der Waals surface area contributed by atoms with Crippen LogP contribution < -0.4 is 0 Å². The zero-order chi connectivity index (χ0) is 25.2. The largest absolute Gasteiger partial charge is 0.692 e. The molecule has 0 spiro atoms. The van der Waals surface area contributed by atoms with Crippen LogP contribution in [0.2, 0.25) is 0 Å². The molecule has 0 aromatic rings. The zero-order valence-corrected chi connectivity index (χ0v) is 25.0. The van der Waals surface area contributed by atoms with Gasteiger partial charge in [0.1, 0.15) is 0 Å². The van der Waals surface area contributed by atoms with Crippen molar-refractivity contribution in [3.8, 4) is 0 Å². The third-order valence-corrected chi connectivity index (χ3v) is 12.1. The highest BCUT2D eigenvalue weighted by Gasteiger charge is 1.95. The highest BCUT2D eigenvalue weighted by atomic mass is 32.3. The molecule has 0 saturated carbocycles. The van der Waals surface area contributed by atoms with Gasteiger partial charge in [0, 0.05) is 4.57 Å². The van der Waals surface area contributed by atoms with Crippen LogP contribution in [0.5, 0.6) is 0 Å². The molecule has 0 heterocycles. The summed E-state index contributed by atoms with van der Waals surface area (Å²) in [7, 11) is -6.20. The molecule has 0 aromatic heterocycles. The van der Waals surface area contributed by atoms with Gasteiger partial charge in [-0.05, 0) is 55.5 Å². The molecule has 0 atom stereocenters. The molecule has 0 radical (unpaired) electrons. The van der Waals surface area contributed by atoms with Gasteiger partial charge in [-0.15, -0.1) is 33.6 Å². The molecule has 0 bridgehead atoms. The van der Waals surface area contributed by atoms with E-state index in [1.807, 2.05) is 0 Å². The van der Waals surface area contributed by atoms with E-state index in [0.29, 0.717) is 23.8 Å². The monoisotopic (exact) mass is 533 g/mol. The summed E-state index contributed by atoms with van der Waals surface area (Å²) in [4.78, 5) is 14.2. The summed E-state index contributed by atoms with van der Waals surface area (Å²) in [5.41, 5.74) is 0. The topological polar surface area (TPSA) is 132 Å². The Balaban J connectivity index is -0.0000000882. The van der Waals surface area contributed by atoms with Crippen molar-refractivity contribution in [3.63, 3.8) is 0 Å². The molecule has 7 nitrogen and oxygen atoms in total. The maximum absolute atomic E-state index is 8.74. The molecule has 0 aliphatic carbocycles. The van der Waals surface area contributed by atoms with Crippen LogP contribution in [0.3, 0.4) is 0 Å². The second-order valence-electron chi connectivity index (χ2n) is 5.56. The van der Waals surface area contributed by atoms with Crippen LogP contribution in [0.1, 0.15) is 62.3 Å². The predicted molar refractivity (Wildman–Crippen MR) is 142 cm³/mol. The SMILES string of the molecule is CCP(CC)CC.CCP(CC)CC.CCP(CC)CC.O=S(=O)(O)O.O=[P+](O)O. The molecule has 0 aliphatic heterocycles. The van der Waals surface area contributed by atoms with Gasteiger partial charge in [-0.3, -0.25) is 9.11 Å². The van der Waals surface area contributed by atoms with Gasteiger partial charge in [0.05, 0.1) is 0 Å². The summed E-state index contributed by atoms with van der Waals surface area (Å²) in [6.45, 7) is 20.6. The van der Waals surface area contributed by atoms with Crippen molar-refractivity contribution in [3.05, 3.63) is 0 Å². The summed E-state index contributed by atoms with van der Waals surface area (Å²) in [5.74, 6) is 0. The molecule has 0 fully saturated rings. The maximum Gasteiger partial charge on any atom is 0.692 e. The first kappa shape index (κ1) is 41.4. The van der Waals surface area contributed by atoms with Crippen molar-refractivity contribution in [1.29, 1.82) is 0 Å². The zero-order valence-electron chi connectivity index (χ0n) is 20.6. The number of hydrogen-bond acceptors (Lipinski definition) is 3. The Hall–Kier alpha value is 1.18. The van der Waals surface area contributed by atoms with E-state index in [9.17, 15) is 0 Å². The summed E-state index contributed by atoms with van der Waals surface area (Å²) < 4.78 is 40.3. The molecule has 0 aromatic carbocycles. The van der Waals surface area contributed by atoms with Crippen LogP contribution >= 0.6 is 32.0 Å². The van der Waals surface area contributed by atoms with Crippen molar-refractivity contribution in [2.24, 2.45) is 0 Å². The fourth-order valence-corrected chi connectivity index (χ4v) is 6.04. The van der Waals surface area contributed by atoms with E-state index < -0.39 is 18.7 Å². The van der Waals surface area contributed by atoms with Gasteiger partial charge in [-0.2, -0.15) is 8.42 Å². The van der Waals surface area contributed by atoms with Gasteiger partial charge < -0.3 is 0 Å². The second-order valence-corrected chi connectivity index (χ2v) is 16.7. The third-order valence-electron chi connectivity index (χ3n) is 4.02. The fraction of sp³-hybridized carbons (Fsp3) is 1.00. The number of hydrogen-bond donors (Lipinski definition) is 4. The Morgan fingerprint density at radius 3 is 0.600 bits per heavy atom. The van der Waals surface area contributed by atoms with Crippen molar-refractivity contribution < 1.29 is 31.9 Å². The van der Waals surface area contributed by atoms with Crippen LogP contribution in [0.4, 0.5) is 0 Å². The van der Waals surface area contributed by atoms with E-state index in [-0.39, 0.29) is 0 Å². The summed E-state index contributed by atoms with van der Waals surface area (Å²) in [6.07, 6.45) is 12.8. The first-order valence-corrected chi connectivity index (χ1v) is 18.7. The lowest BCUT2D eigenvalue weighted by molar-refractivity contribution is 0.380. The van der Waals surface area contributed by atoms with Gasteiger partial charge in [0.25, 0.3) is 0 Å². The minimum atomic E-state index is -4.67. The van der Waals surface area contributed by atoms with E-state index in [4.69, 9.17) is 31.9 Å². The molecular weight excluding hydrogens is 484 g/mol. The van der Waals surface area contributed by atoms with Crippen LogP contribution in [0.15, 0.2) is 0 Å².